The number of nitrogens with one attached hydrogen (secondary N) is 1. The molecule has 2 aromatic heterocycles. The Balaban J connectivity index is 1.39. The van der Waals surface area contributed by atoms with E-state index in [9.17, 15) is 0 Å². The largest absolute Gasteiger partial charge is 0.365 e. The summed E-state index contributed by atoms with van der Waals surface area (Å²) in [5.41, 5.74) is 3.66. The van der Waals surface area contributed by atoms with Gasteiger partial charge in [0, 0.05) is 31.9 Å². The molecule has 1 aromatic carbocycles. The zero-order valence-corrected chi connectivity index (χ0v) is 15.2. The summed E-state index contributed by atoms with van der Waals surface area (Å²) >= 11 is 0. The quantitative estimate of drug-likeness (QED) is 0.739. The second kappa shape index (κ2) is 7.70. The van der Waals surface area contributed by atoms with Gasteiger partial charge in [-0.15, -0.1) is 0 Å². The van der Waals surface area contributed by atoms with E-state index in [-0.39, 0.29) is 0 Å². The maximum absolute atomic E-state index is 4.58. The molecule has 0 spiro atoms. The van der Waals surface area contributed by atoms with Crippen molar-refractivity contribution in [2.24, 2.45) is 0 Å². The van der Waals surface area contributed by atoms with Gasteiger partial charge in [0.25, 0.3) is 0 Å². The minimum atomic E-state index is 0.418. The summed E-state index contributed by atoms with van der Waals surface area (Å²) in [5, 5.41) is 8.09. The third kappa shape index (κ3) is 3.78. The average molecular weight is 347 g/mol. The first kappa shape index (κ1) is 16.8. The van der Waals surface area contributed by atoms with Gasteiger partial charge in [0.1, 0.15) is 5.82 Å². The highest BCUT2D eigenvalue weighted by Crippen LogP contribution is 2.26. The van der Waals surface area contributed by atoms with Crippen molar-refractivity contribution in [1.82, 2.24) is 19.7 Å². The van der Waals surface area contributed by atoms with Crippen LogP contribution >= 0.6 is 0 Å². The van der Waals surface area contributed by atoms with Crippen LogP contribution in [-0.2, 0) is 13.1 Å². The van der Waals surface area contributed by atoms with Gasteiger partial charge in [0.05, 0.1) is 24.5 Å². The van der Waals surface area contributed by atoms with Gasteiger partial charge in [-0.2, -0.15) is 5.10 Å². The molecule has 0 bridgehead atoms. The van der Waals surface area contributed by atoms with Crippen LogP contribution < -0.4 is 5.32 Å². The Bertz CT molecular complexity index is 842. The fourth-order valence-corrected chi connectivity index (χ4v) is 3.62. The first-order valence-electron chi connectivity index (χ1n) is 9.24. The summed E-state index contributed by atoms with van der Waals surface area (Å²) in [6, 6.07) is 17.2. The predicted molar refractivity (Wildman–Crippen MR) is 104 cm³/mol. The lowest BCUT2D eigenvalue weighted by atomic mass is 10.2. The normalized spacial score (nSPS) is 17.5. The molecule has 0 aliphatic carbocycles. The summed E-state index contributed by atoms with van der Waals surface area (Å²) in [5.74, 6) is 1.07. The van der Waals surface area contributed by atoms with E-state index in [0.717, 1.165) is 44.1 Å². The van der Waals surface area contributed by atoms with Gasteiger partial charge in [-0.1, -0.05) is 36.4 Å². The molecule has 0 saturated carbocycles. The topological polar surface area (TPSA) is 46.0 Å². The van der Waals surface area contributed by atoms with Gasteiger partial charge in [0.15, 0.2) is 0 Å². The van der Waals surface area contributed by atoms with Crippen LogP contribution in [0.3, 0.4) is 0 Å². The molecule has 1 aliphatic heterocycles. The molecule has 0 unspecified atom stereocenters. The van der Waals surface area contributed by atoms with Crippen molar-refractivity contribution in [2.75, 3.05) is 18.4 Å². The number of hydrogen-bond donors (Lipinski definition) is 1. The SMILES string of the molecule is Cc1cccnc1CNc1ccnn1[C@@H]1CCN(Cc2ccccc2)C1. The molecule has 4 rings (SSSR count). The van der Waals surface area contributed by atoms with Crippen LogP contribution in [0.25, 0.3) is 0 Å². The van der Waals surface area contributed by atoms with E-state index in [1.54, 1.807) is 0 Å². The molecule has 3 heterocycles. The Morgan fingerprint density at radius 2 is 1.96 bits per heavy atom. The van der Waals surface area contributed by atoms with E-state index >= 15 is 0 Å². The third-order valence-corrected chi connectivity index (χ3v) is 5.07. The number of benzene rings is 1. The van der Waals surface area contributed by atoms with Crippen molar-refractivity contribution in [1.29, 1.82) is 0 Å². The van der Waals surface area contributed by atoms with Crippen LogP contribution in [0.15, 0.2) is 60.9 Å². The van der Waals surface area contributed by atoms with Gasteiger partial charge in [-0.3, -0.25) is 9.88 Å². The summed E-state index contributed by atoms with van der Waals surface area (Å²) in [6.07, 6.45) is 4.86. The van der Waals surface area contributed by atoms with Crippen LogP contribution in [-0.4, -0.2) is 32.8 Å². The van der Waals surface area contributed by atoms with E-state index in [4.69, 9.17) is 0 Å². The standard InChI is InChI=1S/C21H25N5/c1-17-6-5-11-22-20(17)14-23-21-9-12-24-26(21)19-10-13-25(16-19)15-18-7-3-2-4-8-18/h2-9,11-12,19,23H,10,13-16H2,1H3/t19-/m1/s1. The Morgan fingerprint density at radius 3 is 2.81 bits per heavy atom. The Kier molecular flexibility index (Phi) is 4.97. The summed E-state index contributed by atoms with van der Waals surface area (Å²) in [6.45, 7) is 5.97. The molecule has 1 aliphatic rings. The monoisotopic (exact) mass is 347 g/mol. The Morgan fingerprint density at radius 1 is 1.08 bits per heavy atom. The van der Waals surface area contributed by atoms with Crippen LogP contribution in [0.2, 0.25) is 0 Å². The second-order valence-electron chi connectivity index (χ2n) is 6.94. The molecular weight excluding hydrogens is 322 g/mol. The lowest BCUT2D eigenvalue weighted by Crippen LogP contribution is -2.22. The third-order valence-electron chi connectivity index (χ3n) is 5.07. The molecule has 1 saturated heterocycles. The van der Waals surface area contributed by atoms with Gasteiger partial charge in [-0.25, -0.2) is 4.68 Å². The average Bonchev–Trinajstić information content (AvgIpc) is 3.31. The number of pyridine rings is 1. The number of hydrogen-bond acceptors (Lipinski definition) is 4. The number of nitrogens with zero attached hydrogens (tertiary/aromatic N) is 4. The van der Waals surface area contributed by atoms with Crippen LogP contribution in [0, 0.1) is 6.92 Å². The van der Waals surface area contributed by atoms with Gasteiger partial charge < -0.3 is 5.32 Å². The second-order valence-corrected chi connectivity index (χ2v) is 6.94. The van der Waals surface area contributed by atoms with Gasteiger partial charge in [0.2, 0.25) is 0 Å². The molecule has 5 nitrogen and oxygen atoms in total. The van der Waals surface area contributed by atoms with Crippen molar-refractivity contribution in [3.8, 4) is 0 Å². The van der Waals surface area contributed by atoms with Crippen molar-refractivity contribution < 1.29 is 0 Å². The molecule has 134 valence electrons. The van der Waals surface area contributed by atoms with Crippen LogP contribution in [0.1, 0.15) is 29.3 Å². The molecule has 1 atom stereocenters. The number of rotatable bonds is 6. The van der Waals surface area contributed by atoms with Crippen LogP contribution in [0.5, 0.6) is 0 Å². The van der Waals surface area contributed by atoms with Crippen molar-refractivity contribution in [3.63, 3.8) is 0 Å². The van der Waals surface area contributed by atoms with Crippen LogP contribution in [0.4, 0.5) is 5.82 Å². The molecular formula is C21H25N5. The van der Waals surface area contributed by atoms with E-state index in [2.05, 4.69) is 74.4 Å². The van der Waals surface area contributed by atoms with E-state index < -0.39 is 0 Å². The Labute approximate surface area is 154 Å². The summed E-state index contributed by atoms with van der Waals surface area (Å²) in [7, 11) is 0. The number of aryl methyl sites for hydroxylation is 1. The Hall–Kier alpha value is -2.66. The van der Waals surface area contributed by atoms with Gasteiger partial charge >= 0.3 is 0 Å². The smallest absolute Gasteiger partial charge is 0.124 e. The highest BCUT2D eigenvalue weighted by atomic mass is 15.4. The molecule has 5 heteroatoms. The number of anilines is 1. The van der Waals surface area contributed by atoms with Crippen molar-refractivity contribution in [3.05, 3.63) is 77.7 Å². The molecule has 0 radical (unpaired) electrons. The minimum absolute atomic E-state index is 0.418. The van der Waals surface area contributed by atoms with E-state index in [1.165, 1.54) is 11.1 Å². The first-order valence-corrected chi connectivity index (χ1v) is 9.24. The summed E-state index contributed by atoms with van der Waals surface area (Å²) in [4.78, 5) is 6.97. The maximum Gasteiger partial charge on any atom is 0.124 e. The van der Waals surface area contributed by atoms with E-state index in [0.29, 0.717) is 6.04 Å². The maximum atomic E-state index is 4.58. The number of aromatic nitrogens is 3. The molecule has 0 amide bonds. The predicted octanol–water partition coefficient (Wildman–Crippen LogP) is 3.65. The molecule has 3 aromatic rings. The first-order chi connectivity index (χ1) is 12.8. The van der Waals surface area contributed by atoms with Crippen molar-refractivity contribution in [2.45, 2.75) is 32.5 Å². The summed E-state index contributed by atoms with van der Waals surface area (Å²) < 4.78 is 2.14. The molecule has 1 fully saturated rings. The minimum Gasteiger partial charge on any atom is -0.365 e. The highest BCUT2D eigenvalue weighted by molar-refractivity contribution is 5.36. The zero-order chi connectivity index (χ0) is 17.8. The lowest BCUT2D eigenvalue weighted by Gasteiger charge is -2.18. The zero-order valence-electron chi connectivity index (χ0n) is 15.2. The fraction of sp³-hybridized carbons (Fsp3) is 0.333. The lowest BCUT2D eigenvalue weighted by molar-refractivity contribution is 0.312. The number of likely N-dealkylation sites (tertiary alicyclic amines) is 1. The highest BCUT2D eigenvalue weighted by Gasteiger charge is 2.25. The molecule has 26 heavy (non-hydrogen) atoms. The van der Waals surface area contributed by atoms with E-state index in [1.807, 2.05) is 18.5 Å². The van der Waals surface area contributed by atoms with Gasteiger partial charge in [-0.05, 0) is 30.5 Å². The van der Waals surface area contributed by atoms with Crippen molar-refractivity contribution >= 4 is 5.82 Å². The molecule has 1 N–H and O–H groups in total. The fourth-order valence-electron chi connectivity index (χ4n) is 3.62.